The zero-order valence-electron chi connectivity index (χ0n) is 13.2. The molecule has 0 fully saturated rings. The zero-order chi connectivity index (χ0) is 15.0. The topological polar surface area (TPSA) is 41.1 Å². The van der Waals surface area contributed by atoms with Gasteiger partial charge in [-0.05, 0) is 37.1 Å². The Labute approximate surface area is 123 Å². The van der Waals surface area contributed by atoms with Crippen molar-refractivity contribution in [1.82, 2.24) is 0 Å². The van der Waals surface area contributed by atoms with E-state index in [4.69, 9.17) is 0 Å². The summed E-state index contributed by atoms with van der Waals surface area (Å²) in [5, 5.41) is 6.48. The smallest absolute Gasteiger partial charge is 0.226 e. The van der Waals surface area contributed by atoms with Gasteiger partial charge < -0.3 is 10.6 Å². The molecular weight excluding hydrogens is 248 g/mol. The van der Waals surface area contributed by atoms with E-state index < -0.39 is 0 Å². The molecule has 0 bridgehead atoms. The quantitative estimate of drug-likeness (QED) is 0.725. The molecule has 0 aliphatic heterocycles. The molecule has 0 aromatic heterocycles. The summed E-state index contributed by atoms with van der Waals surface area (Å²) in [6.07, 6.45) is 4.78. The Kier molecular flexibility index (Phi) is 7.13. The molecule has 0 spiro atoms. The molecule has 0 atom stereocenters. The molecular formula is C17H28N2O. The molecule has 0 aliphatic carbocycles. The van der Waals surface area contributed by atoms with Crippen LogP contribution in [0, 0.1) is 5.92 Å². The van der Waals surface area contributed by atoms with Gasteiger partial charge in [-0.15, -0.1) is 0 Å². The summed E-state index contributed by atoms with van der Waals surface area (Å²) in [5.74, 6) is 0.0619. The minimum atomic E-state index is 0.00582. The molecule has 0 saturated heterocycles. The van der Waals surface area contributed by atoms with Crippen molar-refractivity contribution in [2.75, 3.05) is 10.6 Å². The number of benzene rings is 1. The van der Waals surface area contributed by atoms with Crippen molar-refractivity contribution in [2.45, 2.75) is 59.4 Å². The van der Waals surface area contributed by atoms with E-state index in [9.17, 15) is 4.79 Å². The van der Waals surface area contributed by atoms with Gasteiger partial charge in [0.15, 0.2) is 0 Å². The molecule has 1 aromatic rings. The number of nitrogens with one attached hydrogen (secondary N) is 2. The normalized spacial score (nSPS) is 10.9. The Balaban J connectivity index is 2.59. The second-order valence-electron chi connectivity index (χ2n) is 5.64. The molecule has 1 aromatic carbocycles. The Bertz CT molecular complexity index is 392. The van der Waals surface area contributed by atoms with Gasteiger partial charge in [0.05, 0.1) is 0 Å². The Morgan fingerprint density at radius 3 is 1.95 bits per heavy atom. The van der Waals surface area contributed by atoms with E-state index >= 15 is 0 Å². The van der Waals surface area contributed by atoms with Gasteiger partial charge in [-0.2, -0.15) is 0 Å². The predicted molar refractivity (Wildman–Crippen MR) is 87.1 cm³/mol. The second-order valence-corrected chi connectivity index (χ2v) is 5.64. The van der Waals surface area contributed by atoms with Crippen LogP contribution < -0.4 is 10.6 Å². The third-order valence-electron chi connectivity index (χ3n) is 3.32. The van der Waals surface area contributed by atoms with Crippen LogP contribution >= 0.6 is 0 Å². The average molecular weight is 276 g/mol. The number of carbonyl (C=O) groups is 1. The monoisotopic (exact) mass is 276 g/mol. The minimum absolute atomic E-state index is 0.00582. The molecule has 1 rings (SSSR count). The maximum absolute atomic E-state index is 11.6. The summed E-state index contributed by atoms with van der Waals surface area (Å²) >= 11 is 0. The van der Waals surface area contributed by atoms with Crippen LogP contribution in [0.2, 0.25) is 0 Å². The van der Waals surface area contributed by atoms with Crippen molar-refractivity contribution >= 4 is 17.3 Å². The molecule has 1 amide bonds. The van der Waals surface area contributed by atoms with Crippen LogP contribution in [0.1, 0.15) is 53.4 Å². The molecule has 0 saturated carbocycles. The Morgan fingerprint density at radius 1 is 1.00 bits per heavy atom. The SMILES string of the molecule is CCCC(CCC)Nc1ccc(NC(=O)C(C)C)cc1. The van der Waals surface area contributed by atoms with Crippen LogP contribution in [0.5, 0.6) is 0 Å². The van der Waals surface area contributed by atoms with Crippen molar-refractivity contribution in [3.8, 4) is 0 Å². The lowest BCUT2D eigenvalue weighted by Gasteiger charge is -2.19. The summed E-state index contributed by atoms with van der Waals surface area (Å²) in [5.41, 5.74) is 1.98. The fourth-order valence-electron chi connectivity index (χ4n) is 2.16. The summed E-state index contributed by atoms with van der Waals surface area (Å²) < 4.78 is 0. The summed E-state index contributed by atoms with van der Waals surface area (Å²) in [6.45, 7) is 8.22. The van der Waals surface area contributed by atoms with Gasteiger partial charge in [0.2, 0.25) is 5.91 Å². The van der Waals surface area contributed by atoms with Crippen molar-refractivity contribution in [2.24, 2.45) is 5.92 Å². The van der Waals surface area contributed by atoms with Crippen LogP contribution in [0.3, 0.4) is 0 Å². The van der Waals surface area contributed by atoms with E-state index in [0.29, 0.717) is 6.04 Å². The van der Waals surface area contributed by atoms with E-state index in [2.05, 4.69) is 24.5 Å². The molecule has 0 unspecified atom stereocenters. The highest BCUT2D eigenvalue weighted by molar-refractivity contribution is 5.92. The lowest BCUT2D eigenvalue weighted by molar-refractivity contribution is -0.118. The number of carbonyl (C=O) groups excluding carboxylic acids is 1. The summed E-state index contributed by atoms with van der Waals surface area (Å²) in [6, 6.07) is 8.53. The molecule has 3 nitrogen and oxygen atoms in total. The molecule has 2 N–H and O–H groups in total. The lowest BCUT2D eigenvalue weighted by atomic mass is 10.1. The van der Waals surface area contributed by atoms with Gasteiger partial charge in [-0.25, -0.2) is 0 Å². The first-order chi connectivity index (χ1) is 9.56. The summed E-state index contributed by atoms with van der Waals surface area (Å²) in [7, 11) is 0. The van der Waals surface area contributed by atoms with E-state index in [1.165, 1.54) is 25.7 Å². The first kappa shape index (κ1) is 16.5. The molecule has 0 heterocycles. The first-order valence-electron chi connectivity index (χ1n) is 7.74. The van der Waals surface area contributed by atoms with Gasteiger partial charge in [0, 0.05) is 23.3 Å². The molecule has 20 heavy (non-hydrogen) atoms. The van der Waals surface area contributed by atoms with Crippen molar-refractivity contribution in [3.63, 3.8) is 0 Å². The van der Waals surface area contributed by atoms with Crippen molar-refractivity contribution in [1.29, 1.82) is 0 Å². The number of hydrogen-bond acceptors (Lipinski definition) is 2. The number of amides is 1. The van der Waals surface area contributed by atoms with E-state index in [0.717, 1.165) is 11.4 Å². The van der Waals surface area contributed by atoms with Crippen LogP contribution in [0.15, 0.2) is 24.3 Å². The van der Waals surface area contributed by atoms with Crippen LogP contribution in [-0.4, -0.2) is 11.9 Å². The lowest BCUT2D eigenvalue weighted by Crippen LogP contribution is -2.19. The van der Waals surface area contributed by atoms with Crippen molar-refractivity contribution in [3.05, 3.63) is 24.3 Å². The van der Waals surface area contributed by atoms with E-state index in [1.54, 1.807) is 0 Å². The van der Waals surface area contributed by atoms with Crippen LogP contribution in [0.25, 0.3) is 0 Å². The number of anilines is 2. The van der Waals surface area contributed by atoms with E-state index in [1.807, 2.05) is 38.1 Å². The summed E-state index contributed by atoms with van der Waals surface area (Å²) in [4.78, 5) is 11.6. The Hall–Kier alpha value is -1.51. The van der Waals surface area contributed by atoms with E-state index in [-0.39, 0.29) is 11.8 Å². The first-order valence-corrected chi connectivity index (χ1v) is 7.74. The number of hydrogen-bond donors (Lipinski definition) is 2. The van der Waals surface area contributed by atoms with Gasteiger partial charge >= 0.3 is 0 Å². The molecule has 0 radical (unpaired) electrons. The fourth-order valence-corrected chi connectivity index (χ4v) is 2.16. The van der Waals surface area contributed by atoms with Gasteiger partial charge in [-0.1, -0.05) is 40.5 Å². The highest BCUT2D eigenvalue weighted by atomic mass is 16.1. The van der Waals surface area contributed by atoms with Crippen LogP contribution in [-0.2, 0) is 4.79 Å². The standard InChI is InChI=1S/C17H28N2O/c1-5-7-14(8-6-2)18-15-9-11-16(12-10-15)19-17(20)13(3)4/h9-14,18H,5-8H2,1-4H3,(H,19,20). The molecule has 112 valence electrons. The highest BCUT2D eigenvalue weighted by Gasteiger charge is 2.08. The minimum Gasteiger partial charge on any atom is -0.382 e. The highest BCUT2D eigenvalue weighted by Crippen LogP contribution is 2.18. The second kappa shape index (κ2) is 8.62. The average Bonchev–Trinajstić information content (AvgIpc) is 2.41. The van der Waals surface area contributed by atoms with Crippen LogP contribution in [0.4, 0.5) is 11.4 Å². The molecule has 3 heteroatoms. The van der Waals surface area contributed by atoms with Gasteiger partial charge in [0.25, 0.3) is 0 Å². The largest absolute Gasteiger partial charge is 0.382 e. The maximum Gasteiger partial charge on any atom is 0.226 e. The fraction of sp³-hybridized carbons (Fsp3) is 0.588. The predicted octanol–water partition coefficient (Wildman–Crippen LogP) is 4.66. The number of rotatable bonds is 8. The Morgan fingerprint density at radius 2 is 1.50 bits per heavy atom. The van der Waals surface area contributed by atoms with Gasteiger partial charge in [-0.3, -0.25) is 4.79 Å². The molecule has 0 aliphatic rings. The van der Waals surface area contributed by atoms with Gasteiger partial charge in [0.1, 0.15) is 0 Å². The third-order valence-corrected chi connectivity index (χ3v) is 3.32. The maximum atomic E-state index is 11.6. The zero-order valence-corrected chi connectivity index (χ0v) is 13.2. The third kappa shape index (κ3) is 5.64. The van der Waals surface area contributed by atoms with Crippen molar-refractivity contribution < 1.29 is 4.79 Å².